The van der Waals surface area contributed by atoms with Crippen LogP contribution in [0.1, 0.15) is 0 Å². The molecule has 4 heteroatoms. The average molecular weight is 293 g/mol. The summed E-state index contributed by atoms with van der Waals surface area (Å²) in [7, 11) is 4.21. The van der Waals surface area contributed by atoms with Crippen LogP contribution in [0.3, 0.4) is 0 Å². The molecule has 0 unspecified atom stereocenters. The summed E-state index contributed by atoms with van der Waals surface area (Å²) in [6.45, 7) is 0. The third kappa shape index (κ3) is 1.53. The highest BCUT2D eigenvalue weighted by molar-refractivity contribution is 6.37. The Hall–Kier alpha value is -2.74. The van der Waals surface area contributed by atoms with Gasteiger partial charge in [0.1, 0.15) is 15.7 Å². The molecule has 0 aliphatic carbocycles. The normalized spacial score (nSPS) is 12.0. The van der Waals surface area contributed by atoms with Gasteiger partial charge in [-0.05, 0) is 17.5 Å². The summed E-state index contributed by atoms with van der Waals surface area (Å²) in [5.41, 5.74) is 4.54. The van der Waals surface area contributed by atoms with Gasteiger partial charge >= 0.3 is 0 Å². The maximum absolute atomic E-state index is 13.1. The van der Waals surface area contributed by atoms with Crippen LogP contribution in [0.2, 0.25) is 0 Å². The van der Waals surface area contributed by atoms with Crippen molar-refractivity contribution in [3.05, 3.63) is 65.0 Å². The zero-order chi connectivity index (χ0) is 15.7. The van der Waals surface area contributed by atoms with Crippen LogP contribution < -0.4 is 16.5 Å². The Morgan fingerprint density at radius 2 is 1.35 bits per heavy atom. The zero-order valence-electron chi connectivity index (χ0n) is 13.1. The van der Waals surface area contributed by atoms with E-state index in [1.54, 1.807) is 0 Å². The molecule has 0 saturated carbocycles. The monoisotopic (exact) mass is 293 g/mol. The van der Waals surface area contributed by atoms with Crippen molar-refractivity contribution in [1.29, 1.82) is 0 Å². The minimum atomic E-state index is 0.0702. The summed E-state index contributed by atoms with van der Waals surface area (Å²) < 4.78 is 1.89. The molecule has 0 spiro atoms. The second-order valence-electron chi connectivity index (χ2n) is 6.42. The maximum Gasteiger partial charge on any atom is 0.263 e. The predicted molar refractivity (Wildman–Crippen MR) is 104 cm³/mol. The summed E-state index contributed by atoms with van der Waals surface area (Å²) in [6, 6.07) is 18.6. The summed E-state index contributed by atoms with van der Waals surface area (Å²) in [5.74, 6) is 0. The Morgan fingerprint density at radius 3 is 2.13 bits per heavy atom. The lowest BCUT2D eigenvalue weighted by Crippen LogP contribution is -2.14. The van der Waals surface area contributed by atoms with Crippen molar-refractivity contribution in [2.45, 2.75) is 0 Å². The first-order valence-corrected chi connectivity index (χ1v) is 7.85. The van der Waals surface area contributed by atoms with Gasteiger partial charge in [-0.1, -0.05) is 53.4 Å². The van der Waals surface area contributed by atoms with Crippen LogP contribution in [0.4, 0.5) is 0 Å². The summed E-state index contributed by atoms with van der Waals surface area (Å²) >= 11 is 0. The second kappa shape index (κ2) is 4.17. The van der Waals surface area contributed by atoms with Crippen LogP contribution in [0, 0.1) is 0 Å². The highest BCUT2D eigenvalue weighted by Crippen LogP contribution is 2.32. The molecule has 0 N–H and O–H groups in total. The van der Waals surface area contributed by atoms with Crippen LogP contribution in [-0.4, -0.2) is 20.1 Å². The highest BCUT2D eigenvalue weighted by atomic mass is 16.1. The molecule has 0 bridgehead atoms. The highest BCUT2D eigenvalue weighted by Gasteiger charge is 2.17. The summed E-state index contributed by atoms with van der Waals surface area (Å²) in [4.78, 5) is 13.1. The Bertz CT molecular complexity index is 1300. The molecule has 2 nitrogen and oxygen atoms in total. The van der Waals surface area contributed by atoms with E-state index in [9.17, 15) is 4.79 Å². The molecule has 5 aromatic rings. The van der Waals surface area contributed by atoms with E-state index in [0.29, 0.717) is 0 Å². The molecule has 5 rings (SSSR count). The number of benzene rings is 3. The summed E-state index contributed by atoms with van der Waals surface area (Å²) in [6.07, 6.45) is 0. The van der Waals surface area contributed by atoms with Crippen LogP contribution in [0.15, 0.2) is 59.4 Å². The van der Waals surface area contributed by atoms with E-state index in [2.05, 4.69) is 46.0 Å². The Morgan fingerprint density at radius 1 is 0.696 bits per heavy atom. The van der Waals surface area contributed by atoms with Gasteiger partial charge in [-0.25, -0.2) is 0 Å². The zero-order valence-corrected chi connectivity index (χ0v) is 13.1. The third-order valence-corrected chi connectivity index (χ3v) is 4.81. The lowest BCUT2D eigenvalue weighted by atomic mass is 9.90. The van der Waals surface area contributed by atoms with Crippen molar-refractivity contribution in [1.82, 2.24) is 4.40 Å². The minimum absolute atomic E-state index is 0.0702. The first kappa shape index (κ1) is 12.8. The molecular weight excluding hydrogens is 280 g/mol. The van der Waals surface area contributed by atoms with Crippen molar-refractivity contribution in [3.63, 3.8) is 0 Å². The van der Waals surface area contributed by atoms with Crippen molar-refractivity contribution in [2.75, 3.05) is 0 Å². The average Bonchev–Trinajstić information content (AvgIpc) is 2.87. The fraction of sp³-hybridized carbons (Fsp3) is 0. The Labute approximate surface area is 134 Å². The van der Waals surface area contributed by atoms with Gasteiger partial charge in [0.05, 0.1) is 11.0 Å². The van der Waals surface area contributed by atoms with E-state index < -0.39 is 0 Å². The van der Waals surface area contributed by atoms with Gasteiger partial charge in [-0.15, -0.1) is 0 Å². The van der Waals surface area contributed by atoms with Crippen molar-refractivity contribution in [3.8, 4) is 0 Å². The van der Waals surface area contributed by atoms with Crippen LogP contribution in [0.5, 0.6) is 0 Å². The molecule has 2 heterocycles. The molecule has 0 aliphatic heterocycles. The lowest BCUT2D eigenvalue weighted by Gasteiger charge is -2.07. The van der Waals surface area contributed by atoms with E-state index in [1.165, 1.54) is 16.3 Å². The van der Waals surface area contributed by atoms with Crippen molar-refractivity contribution in [2.24, 2.45) is 0 Å². The number of pyridine rings is 1. The molecule has 23 heavy (non-hydrogen) atoms. The smallest absolute Gasteiger partial charge is 0.263 e. The van der Waals surface area contributed by atoms with E-state index in [0.717, 1.165) is 32.6 Å². The molecule has 0 amide bonds. The van der Waals surface area contributed by atoms with Gasteiger partial charge in [0, 0.05) is 21.5 Å². The SMILES string of the molecule is Bc1ccc2c(c1)c1cc(B)cc3c4ccccc4c(=O)n2c31. The minimum Gasteiger partial charge on any atom is -0.275 e. The van der Waals surface area contributed by atoms with Gasteiger partial charge in [-0.2, -0.15) is 0 Å². The first-order valence-electron chi connectivity index (χ1n) is 7.85. The van der Waals surface area contributed by atoms with E-state index in [1.807, 2.05) is 28.7 Å². The largest absolute Gasteiger partial charge is 0.275 e. The number of hydrogen-bond acceptors (Lipinski definition) is 1. The van der Waals surface area contributed by atoms with Gasteiger partial charge in [0.15, 0.2) is 0 Å². The molecule has 3 aromatic carbocycles. The second-order valence-corrected chi connectivity index (χ2v) is 6.42. The van der Waals surface area contributed by atoms with E-state index in [-0.39, 0.29) is 5.56 Å². The number of aromatic nitrogens is 1. The molecule has 0 atom stereocenters. The molecule has 0 fully saturated rings. The van der Waals surface area contributed by atoms with Gasteiger partial charge in [0.25, 0.3) is 5.56 Å². The Balaban J connectivity index is 2.29. The molecule has 2 aromatic heterocycles. The molecule has 106 valence electrons. The van der Waals surface area contributed by atoms with Gasteiger partial charge in [0.2, 0.25) is 0 Å². The molecule has 0 saturated heterocycles. The fourth-order valence-corrected chi connectivity index (χ4v) is 3.85. The number of hydrogen-bond donors (Lipinski definition) is 0. The van der Waals surface area contributed by atoms with Crippen molar-refractivity contribution < 1.29 is 0 Å². The van der Waals surface area contributed by atoms with Gasteiger partial charge in [-0.3, -0.25) is 9.20 Å². The van der Waals surface area contributed by atoms with Crippen LogP contribution in [-0.2, 0) is 0 Å². The molecular formula is C19H13B2NO. The van der Waals surface area contributed by atoms with Crippen molar-refractivity contribution >= 4 is 64.6 Å². The quantitative estimate of drug-likeness (QED) is 0.304. The predicted octanol–water partition coefficient (Wildman–Crippen LogP) is 0.714. The molecule has 0 radical (unpaired) electrons. The fourth-order valence-electron chi connectivity index (χ4n) is 3.85. The van der Waals surface area contributed by atoms with Gasteiger partial charge < -0.3 is 0 Å². The number of rotatable bonds is 0. The topological polar surface area (TPSA) is 21.5 Å². The third-order valence-electron chi connectivity index (χ3n) is 4.81. The Kier molecular flexibility index (Phi) is 2.31. The lowest BCUT2D eigenvalue weighted by molar-refractivity contribution is 1.21. The van der Waals surface area contributed by atoms with E-state index in [4.69, 9.17) is 0 Å². The maximum atomic E-state index is 13.1. The number of fused-ring (bicyclic) bond motifs is 5. The standard InChI is InChI=1S/C19H13B2NO/c20-10-5-6-17-14(7-10)16-9-11(21)8-15-12-3-1-2-4-13(12)19(23)22(17)18(15)16/h1-9H,20-21H2. The van der Waals surface area contributed by atoms with Crippen LogP contribution in [0.25, 0.3) is 38.0 Å². The van der Waals surface area contributed by atoms with E-state index >= 15 is 0 Å². The first-order chi connectivity index (χ1) is 11.1. The number of nitrogens with zero attached hydrogens (tertiary/aromatic N) is 1. The van der Waals surface area contributed by atoms with Crippen LogP contribution >= 0.6 is 0 Å². The summed E-state index contributed by atoms with van der Waals surface area (Å²) in [5, 5.41) is 5.31. The molecule has 0 aliphatic rings.